The number of aromatic nitrogens is 3. The second-order valence-corrected chi connectivity index (χ2v) is 8.43. The number of ether oxygens (including phenoxy) is 3. The van der Waals surface area contributed by atoms with E-state index >= 15 is 0 Å². The summed E-state index contributed by atoms with van der Waals surface area (Å²) >= 11 is 0. The fourth-order valence-corrected chi connectivity index (χ4v) is 3.64. The third-order valence-electron chi connectivity index (χ3n) is 5.68. The van der Waals surface area contributed by atoms with E-state index in [1.54, 1.807) is 48.5 Å². The van der Waals surface area contributed by atoms with Crippen LogP contribution in [0.15, 0.2) is 58.1 Å². The van der Waals surface area contributed by atoms with Crippen molar-refractivity contribution in [3.63, 3.8) is 0 Å². The smallest absolute Gasteiger partial charge is 0.347 e. The molecular weight excluding hydrogens is 454 g/mol. The van der Waals surface area contributed by atoms with E-state index in [0.717, 1.165) is 15.8 Å². The number of aryl methyl sites for hydroxylation is 3. The summed E-state index contributed by atoms with van der Waals surface area (Å²) in [6, 6.07) is 13.8. The highest BCUT2D eigenvalue weighted by Crippen LogP contribution is 2.30. The summed E-state index contributed by atoms with van der Waals surface area (Å²) in [6.45, 7) is 5.05. The molecular formula is C25H25N3O7. The van der Waals surface area contributed by atoms with Crippen molar-refractivity contribution in [1.29, 1.82) is 0 Å². The molecule has 0 amide bonds. The van der Waals surface area contributed by atoms with Gasteiger partial charge in [0.25, 0.3) is 5.56 Å². The third-order valence-corrected chi connectivity index (χ3v) is 5.68. The number of nitrogens with zero attached hydrogens (tertiary/aromatic N) is 2. The molecule has 0 aliphatic carbocycles. The van der Waals surface area contributed by atoms with Crippen LogP contribution in [-0.4, -0.2) is 45.5 Å². The first-order chi connectivity index (χ1) is 16.7. The Kier molecular flexibility index (Phi) is 6.92. The maximum Gasteiger partial charge on any atom is 0.347 e. The average Bonchev–Trinajstić information content (AvgIpc) is 3.22. The van der Waals surface area contributed by atoms with Crippen LogP contribution in [0.1, 0.15) is 50.2 Å². The zero-order chi connectivity index (χ0) is 25.1. The van der Waals surface area contributed by atoms with Crippen molar-refractivity contribution in [3.8, 4) is 0 Å². The van der Waals surface area contributed by atoms with Gasteiger partial charge in [0.2, 0.25) is 0 Å². The molecule has 0 spiro atoms. The van der Waals surface area contributed by atoms with Crippen LogP contribution in [0.4, 0.5) is 0 Å². The Balaban J connectivity index is 1.53. The maximum absolute atomic E-state index is 12.7. The first-order valence-corrected chi connectivity index (χ1v) is 11.1. The zero-order valence-corrected chi connectivity index (χ0v) is 19.5. The third kappa shape index (κ3) is 5.55. The number of aromatic amines is 1. The van der Waals surface area contributed by atoms with Gasteiger partial charge < -0.3 is 14.2 Å². The fraction of sp³-hybridized carbons (Fsp3) is 0.320. The second-order valence-electron chi connectivity index (χ2n) is 8.43. The summed E-state index contributed by atoms with van der Waals surface area (Å²) in [5, 5.41) is 4.01. The van der Waals surface area contributed by atoms with Gasteiger partial charge >= 0.3 is 17.6 Å². The normalized spacial score (nSPS) is 19.3. The molecule has 0 unspecified atom stereocenters. The van der Waals surface area contributed by atoms with Crippen molar-refractivity contribution in [3.05, 3.63) is 97.3 Å². The van der Waals surface area contributed by atoms with Crippen molar-refractivity contribution in [1.82, 2.24) is 14.8 Å². The lowest BCUT2D eigenvalue weighted by Gasteiger charge is -2.19. The van der Waals surface area contributed by atoms with E-state index in [2.05, 4.69) is 10.1 Å². The average molecular weight is 479 g/mol. The molecule has 0 saturated carbocycles. The Morgan fingerprint density at radius 3 is 2.14 bits per heavy atom. The van der Waals surface area contributed by atoms with Crippen molar-refractivity contribution in [2.75, 3.05) is 6.61 Å². The van der Waals surface area contributed by atoms with Crippen LogP contribution in [0.25, 0.3) is 0 Å². The van der Waals surface area contributed by atoms with Crippen molar-refractivity contribution in [2.45, 2.75) is 45.6 Å². The van der Waals surface area contributed by atoms with E-state index in [0.29, 0.717) is 11.1 Å². The number of hydrogen-bond acceptors (Lipinski definition) is 8. The van der Waals surface area contributed by atoms with Crippen molar-refractivity contribution >= 4 is 11.9 Å². The predicted octanol–water partition coefficient (Wildman–Crippen LogP) is 2.23. The van der Waals surface area contributed by atoms with Crippen LogP contribution in [0.2, 0.25) is 0 Å². The molecule has 0 radical (unpaired) electrons. The number of nitrogens with one attached hydrogen (secondary N) is 1. The largest absolute Gasteiger partial charge is 0.459 e. The predicted molar refractivity (Wildman–Crippen MR) is 124 cm³/mol. The summed E-state index contributed by atoms with van der Waals surface area (Å²) in [7, 11) is 0. The molecule has 1 aliphatic heterocycles. The van der Waals surface area contributed by atoms with Crippen LogP contribution < -0.4 is 11.2 Å². The molecule has 1 N–H and O–H groups in total. The maximum atomic E-state index is 12.7. The highest BCUT2D eigenvalue weighted by molar-refractivity contribution is 5.90. The van der Waals surface area contributed by atoms with E-state index in [1.807, 2.05) is 13.8 Å². The van der Waals surface area contributed by atoms with E-state index in [9.17, 15) is 19.2 Å². The number of carbonyl (C=O) groups excluding carboxylic acids is 2. The monoisotopic (exact) mass is 479 g/mol. The van der Waals surface area contributed by atoms with Gasteiger partial charge in [-0.15, -0.1) is 0 Å². The quantitative estimate of drug-likeness (QED) is 0.533. The standard InChI is InChI=1S/C25H25N3O7/c1-14-4-8-17(9-5-14)23(30)33-13-20-19(35-24(31)18-10-6-15(2)7-11-18)12-21(34-20)28-25(32)26-22(29)16(3)27-28/h4-11,19-21H,12-13H2,1-3H3,(H,26,29,32)/t19-,20+,21-/m0/s1. The molecule has 10 heteroatoms. The van der Waals surface area contributed by atoms with Crippen LogP contribution in [0.5, 0.6) is 0 Å². The highest BCUT2D eigenvalue weighted by Gasteiger charge is 2.41. The Bertz CT molecular complexity index is 1340. The Morgan fingerprint density at radius 1 is 0.971 bits per heavy atom. The first-order valence-electron chi connectivity index (χ1n) is 11.1. The molecule has 2 heterocycles. The van der Waals surface area contributed by atoms with E-state index in [1.165, 1.54) is 6.92 Å². The minimum Gasteiger partial charge on any atom is -0.459 e. The lowest BCUT2D eigenvalue weighted by atomic mass is 10.1. The van der Waals surface area contributed by atoms with Crippen LogP contribution in [-0.2, 0) is 14.2 Å². The van der Waals surface area contributed by atoms with E-state index < -0.39 is 41.6 Å². The molecule has 1 fully saturated rings. The van der Waals surface area contributed by atoms with Gasteiger partial charge in [-0.1, -0.05) is 35.4 Å². The molecule has 35 heavy (non-hydrogen) atoms. The van der Waals surface area contributed by atoms with Gasteiger partial charge in [-0.3, -0.25) is 9.78 Å². The first kappa shape index (κ1) is 24.1. The van der Waals surface area contributed by atoms with Gasteiger partial charge in [0, 0.05) is 6.42 Å². The van der Waals surface area contributed by atoms with Crippen LogP contribution in [0, 0.1) is 20.8 Å². The Hall–Kier alpha value is -4.05. The minimum atomic E-state index is -0.933. The summed E-state index contributed by atoms with van der Waals surface area (Å²) < 4.78 is 18.0. The lowest BCUT2D eigenvalue weighted by Crippen LogP contribution is -2.36. The molecule has 2 aromatic carbocycles. The fourth-order valence-electron chi connectivity index (χ4n) is 3.64. The van der Waals surface area contributed by atoms with Gasteiger partial charge in [-0.2, -0.15) is 9.78 Å². The van der Waals surface area contributed by atoms with Gasteiger partial charge in [0.1, 0.15) is 24.5 Å². The van der Waals surface area contributed by atoms with Gasteiger partial charge in [0.15, 0.2) is 6.23 Å². The molecule has 3 aromatic rings. The molecule has 0 bridgehead atoms. The minimum absolute atomic E-state index is 0.0722. The second kappa shape index (κ2) is 10.1. The molecule has 10 nitrogen and oxygen atoms in total. The molecule has 1 aliphatic rings. The Morgan fingerprint density at radius 2 is 1.54 bits per heavy atom. The van der Waals surface area contributed by atoms with Gasteiger partial charge in [-0.05, 0) is 45.0 Å². The summed E-state index contributed by atoms with van der Waals surface area (Å²) in [6.07, 6.45) is -2.55. The van der Waals surface area contributed by atoms with Gasteiger partial charge in [-0.25, -0.2) is 14.4 Å². The number of esters is 2. The van der Waals surface area contributed by atoms with Gasteiger partial charge in [0.05, 0.1) is 11.1 Å². The van der Waals surface area contributed by atoms with Crippen molar-refractivity contribution in [2.24, 2.45) is 0 Å². The Labute approximate surface area is 200 Å². The number of rotatable bonds is 6. The molecule has 1 saturated heterocycles. The van der Waals surface area contributed by atoms with E-state index in [-0.39, 0.29) is 18.7 Å². The molecule has 1 aromatic heterocycles. The lowest BCUT2D eigenvalue weighted by molar-refractivity contribution is -0.0617. The highest BCUT2D eigenvalue weighted by atomic mass is 16.6. The summed E-state index contributed by atoms with van der Waals surface area (Å²) in [4.78, 5) is 51.4. The van der Waals surface area contributed by atoms with Crippen molar-refractivity contribution < 1.29 is 23.8 Å². The number of hydrogen-bond donors (Lipinski definition) is 1. The number of H-pyrrole nitrogens is 1. The molecule has 3 atom stereocenters. The summed E-state index contributed by atoms with van der Waals surface area (Å²) in [5.74, 6) is -1.14. The summed E-state index contributed by atoms with van der Waals surface area (Å²) in [5.41, 5.74) is 1.43. The van der Waals surface area contributed by atoms with Crippen LogP contribution >= 0.6 is 0 Å². The molecule has 4 rings (SSSR count). The number of carbonyl (C=O) groups is 2. The van der Waals surface area contributed by atoms with E-state index in [4.69, 9.17) is 14.2 Å². The topological polar surface area (TPSA) is 130 Å². The zero-order valence-electron chi connectivity index (χ0n) is 19.5. The molecule has 182 valence electrons. The number of benzene rings is 2. The van der Waals surface area contributed by atoms with Crippen LogP contribution in [0.3, 0.4) is 0 Å². The SMILES string of the molecule is Cc1ccc(C(=O)OC[C@H]2O[C@H](n3nc(C)c(=O)[nH]c3=O)C[C@@H]2OC(=O)c2ccc(C)cc2)cc1.